The number of benzene rings is 1. The molecule has 1 heterocycles. The number of sulfonamides is 1. The molecule has 134 valence electrons. The molecule has 0 amide bonds. The number of hydrogen-bond acceptors (Lipinski definition) is 4. The molecule has 0 radical (unpaired) electrons. The highest BCUT2D eigenvalue weighted by atomic mass is 35.5. The number of carboxylic acid groups (broad SMARTS) is 1. The molecule has 0 spiro atoms. The van der Waals surface area contributed by atoms with Gasteiger partial charge in [-0.05, 0) is 31.4 Å². The standard InChI is InChI=1S/C16H23ClN2O4S/c1-3-19(4-2)24(22,23)12-10-13(16(20)21)15(14(17)11-12)18-8-6-5-7-9-18/h10-11H,3-9H2,1-2H3,(H,20,21). The zero-order valence-corrected chi connectivity index (χ0v) is 15.5. The van der Waals surface area contributed by atoms with Gasteiger partial charge in [0.1, 0.15) is 0 Å². The lowest BCUT2D eigenvalue weighted by Gasteiger charge is -2.31. The first-order valence-electron chi connectivity index (χ1n) is 8.14. The topological polar surface area (TPSA) is 77.9 Å². The summed E-state index contributed by atoms with van der Waals surface area (Å²) in [7, 11) is -3.76. The Labute approximate surface area is 148 Å². The number of piperidine rings is 1. The van der Waals surface area contributed by atoms with Crippen molar-refractivity contribution in [2.45, 2.75) is 38.0 Å². The minimum atomic E-state index is -3.76. The van der Waals surface area contributed by atoms with Gasteiger partial charge in [-0.15, -0.1) is 0 Å². The third-order valence-electron chi connectivity index (χ3n) is 4.28. The molecule has 8 heteroatoms. The van der Waals surface area contributed by atoms with Crippen LogP contribution in [0.15, 0.2) is 17.0 Å². The molecular weight excluding hydrogens is 352 g/mol. The Balaban J connectivity index is 2.57. The Morgan fingerprint density at radius 3 is 2.29 bits per heavy atom. The third kappa shape index (κ3) is 3.68. The SMILES string of the molecule is CCN(CC)S(=O)(=O)c1cc(Cl)c(N2CCCCC2)c(C(=O)O)c1. The summed E-state index contributed by atoms with van der Waals surface area (Å²) in [6.07, 6.45) is 3.04. The van der Waals surface area contributed by atoms with Gasteiger partial charge in [0.05, 0.1) is 21.2 Å². The van der Waals surface area contributed by atoms with Crippen LogP contribution in [-0.4, -0.2) is 50.0 Å². The Morgan fingerprint density at radius 2 is 1.79 bits per heavy atom. The first kappa shape index (κ1) is 19.0. The molecule has 1 fully saturated rings. The zero-order valence-electron chi connectivity index (χ0n) is 14.0. The highest BCUT2D eigenvalue weighted by molar-refractivity contribution is 7.89. The minimum absolute atomic E-state index is 0.0601. The van der Waals surface area contributed by atoms with Crippen molar-refractivity contribution in [2.75, 3.05) is 31.1 Å². The van der Waals surface area contributed by atoms with Crippen molar-refractivity contribution in [3.8, 4) is 0 Å². The van der Waals surface area contributed by atoms with E-state index in [0.29, 0.717) is 18.8 Å². The summed E-state index contributed by atoms with van der Waals surface area (Å²) in [4.78, 5) is 13.6. The molecule has 0 saturated carbocycles. The number of hydrogen-bond donors (Lipinski definition) is 1. The van der Waals surface area contributed by atoms with E-state index in [1.807, 2.05) is 4.90 Å². The van der Waals surface area contributed by atoms with Crippen LogP contribution in [0.5, 0.6) is 0 Å². The highest BCUT2D eigenvalue weighted by Gasteiger charge is 2.28. The summed E-state index contributed by atoms with van der Waals surface area (Å²) in [6, 6.07) is 2.59. The predicted molar refractivity (Wildman–Crippen MR) is 94.6 cm³/mol. The quantitative estimate of drug-likeness (QED) is 0.827. The van der Waals surface area contributed by atoms with Crippen molar-refractivity contribution in [1.29, 1.82) is 0 Å². The monoisotopic (exact) mass is 374 g/mol. The fourth-order valence-corrected chi connectivity index (χ4v) is 4.95. The molecule has 1 aromatic carbocycles. The van der Waals surface area contributed by atoms with Crippen molar-refractivity contribution in [1.82, 2.24) is 4.31 Å². The molecule has 1 aromatic rings. The molecule has 0 atom stereocenters. The van der Waals surface area contributed by atoms with E-state index in [-0.39, 0.29) is 15.5 Å². The fraction of sp³-hybridized carbons (Fsp3) is 0.562. The van der Waals surface area contributed by atoms with Gasteiger partial charge in [-0.1, -0.05) is 25.4 Å². The second-order valence-electron chi connectivity index (χ2n) is 5.74. The second kappa shape index (κ2) is 7.72. The van der Waals surface area contributed by atoms with Crippen LogP contribution in [0.1, 0.15) is 43.5 Å². The lowest BCUT2D eigenvalue weighted by molar-refractivity contribution is 0.0697. The number of aromatic carboxylic acids is 1. The van der Waals surface area contributed by atoms with Crippen LogP contribution in [-0.2, 0) is 10.0 Å². The van der Waals surface area contributed by atoms with Crippen LogP contribution in [0, 0.1) is 0 Å². The molecule has 1 aliphatic rings. The first-order chi connectivity index (χ1) is 11.3. The van der Waals surface area contributed by atoms with Gasteiger partial charge in [0.15, 0.2) is 0 Å². The number of anilines is 1. The van der Waals surface area contributed by atoms with Crippen LogP contribution in [0.3, 0.4) is 0 Å². The summed E-state index contributed by atoms with van der Waals surface area (Å²) in [5.74, 6) is -1.17. The van der Waals surface area contributed by atoms with Crippen molar-refractivity contribution in [2.24, 2.45) is 0 Å². The van der Waals surface area contributed by atoms with Crippen LogP contribution in [0.25, 0.3) is 0 Å². The lowest BCUT2D eigenvalue weighted by atomic mass is 10.1. The molecule has 2 rings (SSSR count). The smallest absolute Gasteiger partial charge is 0.337 e. The van der Waals surface area contributed by atoms with E-state index in [0.717, 1.165) is 32.4 Å². The van der Waals surface area contributed by atoms with Gasteiger partial charge in [-0.25, -0.2) is 13.2 Å². The van der Waals surface area contributed by atoms with Gasteiger partial charge in [0.25, 0.3) is 0 Å². The van der Waals surface area contributed by atoms with Crippen molar-refractivity contribution >= 4 is 33.3 Å². The van der Waals surface area contributed by atoms with Crippen molar-refractivity contribution in [3.63, 3.8) is 0 Å². The van der Waals surface area contributed by atoms with Gasteiger partial charge in [-0.2, -0.15) is 4.31 Å². The average molecular weight is 375 g/mol. The molecule has 24 heavy (non-hydrogen) atoms. The van der Waals surface area contributed by atoms with Crippen LogP contribution >= 0.6 is 11.6 Å². The molecular formula is C16H23ClN2O4S. The van der Waals surface area contributed by atoms with E-state index < -0.39 is 16.0 Å². The molecule has 1 N–H and O–H groups in total. The maximum atomic E-state index is 12.7. The number of carbonyl (C=O) groups is 1. The predicted octanol–water partition coefficient (Wildman–Crippen LogP) is 3.06. The second-order valence-corrected chi connectivity index (χ2v) is 8.09. The van der Waals surface area contributed by atoms with Gasteiger partial charge >= 0.3 is 5.97 Å². The molecule has 0 bridgehead atoms. The summed E-state index contributed by atoms with van der Waals surface area (Å²) in [6.45, 7) is 5.55. The Bertz CT molecular complexity index is 711. The number of carboxylic acids is 1. The Morgan fingerprint density at radius 1 is 1.21 bits per heavy atom. The lowest BCUT2D eigenvalue weighted by Crippen LogP contribution is -2.32. The highest BCUT2D eigenvalue weighted by Crippen LogP contribution is 2.35. The minimum Gasteiger partial charge on any atom is -0.478 e. The van der Waals surface area contributed by atoms with Crippen molar-refractivity contribution in [3.05, 3.63) is 22.7 Å². The van der Waals surface area contributed by atoms with Crippen LogP contribution in [0.2, 0.25) is 5.02 Å². The fourth-order valence-electron chi connectivity index (χ4n) is 3.04. The van der Waals surface area contributed by atoms with Crippen molar-refractivity contribution < 1.29 is 18.3 Å². The Hall–Kier alpha value is -1.31. The van der Waals surface area contributed by atoms with Gasteiger partial charge in [0, 0.05) is 26.2 Å². The molecule has 1 aliphatic heterocycles. The number of halogens is 1. The summed E-state index contributed by atoms with van der Waals surface area (Å²) in [5.41, 5.74) is 0.359. The van der Waals surface area contributed by atoms with E-state index >= 15 is 0 Å². The molecule has 6 nitrogen and oxygen atoms in total. The zero-order chi connectivity index (χ0) is 17.9. The van der Waals surface area contributed by atoms with E-state index in [1.165, 1.54) is 16.4 Å². The number of rotatable bonds is 6. The first-order valence-corrected chi connectivity index (χ1v) is 9.96. The third-order valence-corrected chi connectivity index (χ3v) is 6.60. The van der Waals surface area contributed by atoms with E-state index in [1.54, 1.807) is 13.8 Å². The molecule has 0 unspecified atom stereocenters. The average Bonchev–Trinajstić information content (AvgIpc) is 2.55. The van der Waals surface area contributed by atoms with Gasteiger partial charge in [-0.3, -0.25) is 0 Å². The van der Waals surface area contributed by atoms with Gasteiger partial charge < -0.3 is 10.0 Å². The summed E-state index contributed by atoms with van der Waals surface area (Å²) < 4.78 is 26.6. The maximum Gasteiger partial charge on any atom is 0.337 e. The molecule has 0 aliphatic carbocycles. The maximum absolute atomic E-state index is 12.7. The van der Waals surface area contributed by atoms with Crippen LogP contribution < -0.4 is 4.90 Å². The van der Waals surface area contributed by atoms with E-state index in [9.17, 15) is 18.3 Å². The number of nitrogens with zero attached hydrogens (tertiary/aromatic N) is 2. The van der Waals surface area contributed by atoms with E-state index in [2.05, 4.69) is 0 Å². The molecule has 0 aromatic heterocycles. The normalized spacial score (nSPS) is 15.8. The largest absolute Gasteiger partial charge is 0.478 e. The molecule has 1 saturated heterocycles. The van der Waals surface area contributed by atoms with E-state index in [4.69, 9.17) is 11.6 Å². The van der Waals surface area contributed by atoms with Gasteiger partial charge in [0.2, 0.25) is 10.0 Å². The summed E-state index contributed by atoms with van der Waals surface area (Å²) >= 11 is 6.32. The Kier molecular flexibility index (Phi) is 6.11. The van der Waals surface area contributed by atoms with Crippen LogP contribution in [0.4, 0.5) is 5.69 Å². The summed E-state index contributed by atoms with van der Waals surface area (Å²) in [5, 5.41) is 9.74.